The molecule has 1 aromatic heterocycles. The average molecular weight is 428 g/mol. The summed E-state index contributed by atoms with van der Waals surface area (Å²) in [6, 6.07) is 28.7. The van der Waals surface area contributed by atoms with Crippen LogP contribution in [0.3, 0.4) is 0 Å². The van der Waals surface area contributed by atoms with Crippen LogP contribution in [-0.2, 0) is 5.41 Å². The lowest BCUT2D eigenvalue weighted by Crippen LogP contribution is -2.10. The molecule has 0 bridgehead atoms. The molecule has 0 aliphatic rings. The molecule has 4 aromatic carbocycles. The Morgan fingerprint density at radius 3 is 2.21 bits per heavy atom. The second kappa shape index (κ2) is 6.22. The zero-order chi connectivity index (χ0) is 19.5. The minimum Gasteiger partial charge on any atom is -0.309 e. The molecule has 2 heteroatoms. The Kier molecular flexibility index (Phi) is 3.89. The third-order valence-corrected chi connectivity index (χ3v) is 6.10. The lowest BCUT2D eigenvalue weighted by molar-refractivity contribution is 0.590. The minimum absolute atomic E-state index is 0.151. The van der Waals surface area contributed by atoms with Crippen molar-refractivity contribution in [3.63, 3.8) is 0 Å². The molecule has 0 aliphatic carbocycles. The first-order valence-electron chi connectivity index (χ1n) is 9.66. The van der Waals surface area contributed by atoms with Crippen LogP contribution in [0.25, 0.3) is 38.3 Å². The van der Waals surface area contributed by atoms with Crippen molar-refractivity contribution in [3.8, 4) is 5.69 Å². The van der Waals surface area contributed by atoms with Gasteiger partial charge in [0.05, 0.1) is 11.0 Å². The summed E-state index contributed by atoms with van der Waals surface area (Å²) in [4.78, 5) is 0. The number of halogens is 1. The van der Waals surface area contributed by atoms with Gasteiger partial charge >= 0.3 is 0 Å². The van der Waals surface area contributed by atoms with E-state index in [2.05, 4.69) is 120 Å². The maximum atomic E-state index is 3.67. The third kappa shape index (κ3) is 2.67. The molecular formula is C26H22BrN. The summed E-state index contributed by atoms with van der Waals surface area (Å²) in [7, 11) is 0. The number of nitrogens with zero attached hydrogens (tertiary/aromatic N) is 1. The van der Waals surface area contributed by atoms with E-state index in [1.807, 2.05) is 0 Å². The van der Waals surface area contributed by atoms with Gasteiger partial charge in [0.2, 0.25) is 0 Å². The fourth-order valence-corrected chi connectivity index (χ4v) is 4.50. The van der Waals surface area contributed by atoms with Gasteiger partial charge in [-0.15, -0.1) is 0 Å². The summed E-state index contributed by atoms with van der Waals surface area (Å²) >= 11 is 3.67. The van der Waals surface area contributed by atoms with Crippen molar-refractivity contribution in [1.82, 2.24) is 4.57 Å². The summed E-state index contributed by atoms with van der Waals surface area (Å²) in [6.45, 7) is 6.77. The number of rotatable bonds is 1. The van der Waals surface area contributed by atoms with E-state index in [4.69, 9.17) is 0 Å². The average Bonchev–Trinajstić information content (AvgIpc) is 3.01. The van der Waals surface area contributed by atoms with E-state index in [1.165, 1.54) is 43.8 Å². The van der Waals surface area contributed by atoms with E-state index in [0.29, 0.717) is 0 Å². The lowest BCUT2D eigenvalue weighted by Gasteiger charge is -2.19. The van der Waals surface area contributed by atoms with Crippen LogP contribution >= 0.6 is 15.9 Å². The van der Waals surface area contributed by atoms with Gasteiger partial charge in [-0.1, -0.05) is 85.2 Å². The van der Waals surface area contributed by atoms with Gasteiger partial charge in [-0.05, 0) is 52.1 Å². The molecule has 0 spiro atoms. The molecule has 0 atom stereocenters. The summed E-state index contributed by atoms with van der Waals surface area (Å²) in [5.74, 6) is 0. The first-order chi connectivity index (χ1) is 13.4. The zero-order valence-corrected chi connectivity index (χ0v) is 17.9. The normalized spacial score (nSPS) is 12.3. The second-order valence-corrected chi connectivity index (χ2v) is 9.39. The third-order valence-electron chi connectivity index (χ3n) is 5.61. The standard InChI is InChI=1S/C26H22BrN/c1-26(2,3)18-9-12-20(13-10-18)28-23-15-8-17-6-4-5-7-21(17)25(23)22-14-11-19(27)16-24(22)28/h4-16H,1-3H3. The van der Waals surface area contributed by atoms with Crippen LogP contribution in [-0.4, -0.2) is 4.57 Å². The first kappa shape index (κ1) is 17.5. The van der Waals surface area contributed by atoms with Gasteiger partial charge in [0.15, 0.2) is 0 Å². The van der Waals surface area contributed by atoms with Crippen molar-refractivity contribution in [2.24, 2.45) is 0 Å². The fourth-order valence-electron chi connectivity index (χ4n) is 4.15. The highest BCUT2D eigenvalue weighted by atomic mass is 79.9. The van der Waals surface area contributed by atoms with Crippen molar-refractivity contribution in [1.29, 1.82) is 0 Å². The van der Waals surface area contributed by atoms with E-state index in [0.717, 1.165) is 4.47 Å². The minimum atomic E-state index is 0.151. The summed E-state index contributed by atoms with van der Waals surface area (Å²) < 4.78 is 3.48. The van der Waals surface area contributed by atoms with Gasteiger partial charge < -0.3 is 4.57 Å². The van der Waals surface area contributed by atoms with Crippen molar-refractivity contribution in [2.75, 3.05) is 0 Å². The molecule has 28 heavy (non-hydrogen) atoms. The molecule has 0 fully saturated rings. The zero-order valence-electron chi connectivity index (χ0n) is 16.3. The van der Waals surface area contributed by atoms with Crippen LogP contribution in [0.15, 0.2) is 83.3 Å². The Morgan fingerprint density at radius 1 is 0.714 bits per heavy atom. The van der Waals surface area contributed by atoms with Gasteiger partial charge in [-0.25, -0.2) is 0 Å². The number of benzene rings is 4. The monoisotopic (exact) mass is 427 g/mol. The van der Waals surface area contributed by atoms with Crippen molar-refractivity contribution in [3.05, 3.63) is 88.9 Å². The molecule has 0 saturated heterocycles. The molecular weight excluding hydrogens is 406 g/mol. The van der Waals surface area contributed by atoms with Gasteiger partial charge in [-0.3, -0.25) is 0 Å². The molecule has 0 N–H and O–H groups in total. The van der Waals surface area contributed by atoms with E-state index in [-0.39, 0.29) is 5.41 Å². The van der Waals surface area contributed by atoms with Crippen LogP contribution in [0.5, 0.6) is 0 Å². The van der Waals surface area contributed by atoms with Gasteiger partial charge in [0.1, 0.15) is 0 Å². The maximum absolute atomic E-state index is 3.67. The largest absolute Gasteiger partial charge is 0.309 e. The van der Waals surface area contributed by atoms with E-state index >= 15 is 0 Å². The van der Waals surface area contributed by atoms with E-state index < -0.39 is 0 Å². The van der Waals surface area contributed by atoms with Gasteiger partial charge in [0.25, 0.3) is 0 Å². The van der Waals surface area contributed by atoms with Crippen LogP contribution in [0.1, 0.15) is 26.3 Å². The van der Waals surface area contributed by atoms with Gasteiger partial charge in [-0.2, -0.15) is 0 Å². The Morgan fingerprint density at radius 2 is 1.46 bits per heavy atom. The Hall–Kier alpha value is -2.58. The van der Waals surface area contributed by atoms with E-state index in [9.17, 15) is 0 Å². The molecule has 138 valence electrons. The number of hydrogen-bond acceptors (Lipinski definition) is 0. The Bertz CT molecular complexity index is 1330. The van der Waals surface area contributed by atoms with Crippen LogP contribution in [0, 0.1) is 0 Å². The molecule has 0 unspecified atom stereocenters. The summed E-state index contributed by atoms with van der Waals surface area (Å²) in [6.07, 6.45) is 0. The topological polar surface area (TPSA) is 4.93 Å². The predicted octanol–water partition coefficient (Wildman–Crippen LogP) is 8.00. The Balaban J connectivity index is 1.89. The smallest absolute Gasteiger partial charge is 0.0552 e. The molecule has 0 amide bonds. The summed E-state index contributed by atoms with van der Waals surface area (Å²) in [5.41, 5.74) is 5.17. The number of hydrogen-bond donors (Lipinski definition) is 0. The quantitative estimate of drug-likeness (QED) is 0.255. The van der Waals surface area contributed by atoms with Gasteiger partial charge in [0, 0.05) is 20.9 Å². The van der Waals surface area contributed by atoms with Crippen molar-refractivity contribution >= 4 is 48.5 Å². The molecule has 1 heterocycles. The van der Waals surface area contributed by atoms with Crippen LogP contribution < -0.4 is 0 Å². The van der Waals surface area contributed by atoms with Crippen molar-refractivity contribution in [2.45, 2.75) is 26.2 Å². The summed E-state index contributed by atoms with van der Waals surface area (Å²) in [5, 5.41) is 5.19. The highest BCUT2D eigenvalue weighted by Crippen LogP contribution is 2.38. The van der Waals surface area contributed by atoms with Crippen LogP contribution in [0.2, 0.25) is 0 Å². The molecule has 1 nitrogen and oxygen atoms in total. The van der Waals surface area contributed by atoms with Crippen molar-refractivity contribution < 1.29 is 0 Å². The molecule has 5 aromatic rings. The molecule has 0 saturated carbocycles. The SMILES string of the molecule is CC(C)(C)c1ccc(-n2c3cc(Br)ccc3c3c4ccccc4ccc32)cc1. The molecule has 5 rings (SSSR count). The maximum Gasteiger partial charge on any atom is 0.0552 e. The molecule has 0 radical (unpaired) electrons. The second-order valence-electron chi connectivity index (χ2n) is 8.47. The fraction of sp³-hybridized carbons (Fsp3) is 0.154. The lowest BCUT2D eigenvalue weighted by atomic mass is 9.87. The number of aromatic nitrogens is 1. The highest BCUT2D eigenvalue weighted by Gasteiger charge is 2.17. The highest BCUT2D eigenvalue weighted by molar-refractivity contribution is 9.10. The number of fused-ring (bicyclic) bond motifs is 5. The Labute approximate surface area is 173 Å². The van der Waals surface area contributed by atoms with E-state index in [1.54, 1.807) is 0 Å². The molecule has 0 aliphatic heterocycles. The van der Waals surface area contributed by atoms with Crippen LogP contribution in [0.4, 0.5) is 0 Å². The first-order valence-corrected chi connectivity index (χ1v) is 10.5. The predicted molar refractivity (Wildman–Crippen MR) is 125 cm³/mol.